The topological polar surface area (TPSA) is 32.5 Å². The van der Waals surface area contributed by atoms with Gasteiger partial charge in [-0.2, -0.15) is 0 Å². The van der Waals surface area contributed by atoms with Crippen molar-refractivity contribution in [2.24, 2.45) is 5.73 Å². The van der Waals surface area contributed by atoms with Crippen LogP contribution in [0.2, 0.25) is 5.02 Å². The first-order valence-electron chi connectivity index (χ1n) is 6.78. The van der Waals surface area contributed by atoms with E-state index in [4.69, 9.17) is 17.3 Å². The van der Waals surface area contributed by atoms with E-state index in [0.29, 0.717) is 0 Å². The van der Waals surface area contributed by atoms with Crippen LogP contribution in [-0.4, -0.2) is 50.1 Å². The van der Waals surface area contributed by atoms with Gasteiger partial charge in [-0.3, -0.25) is 4.90 Å². The number of halogens is 1. The number of rotatable bonds is 7. The van der Waals surface area contributed by atoms with E-state index in [1.165, 1.54) is 5.56 Å². The summed E-state index contributed by atoms with van der Waals surface area (Å²) in [4.78, 5) is 4.52. The minimum atomic E-state index is 0.0721. The van der Waals surface area contributed by atoms with E-state index in [0.717, 1.165) is 24.5 Å². The quantitative estimate of drug-likeness (QED) is 0.835. The van der Waals surface area contributed by atoms with Crippen LogP contribution in [0.4, 0.5) is 0 Å². The van der Waals surface area contributed by atoms with Crippen LogP contribution in [0.5, 0.6) is 0 Å². The molecule has 108 valence electrons. The van der Waals surface area contributed by atoms with E-state index in [9.17, 15) is 0 Å². The summed E-state index contributed by atoms with van der Waals surface area (Å²) in [6.07, 6.45) is 1.13. The minimum absolute atomic E-state index is 0.0721. The number of hydrogen-bond donors (Lipinski definition) is 1. The molecule has 0 saturated heterocycles. The van der Waals surface area contributed by atoms with Crippen molar-refractivity contribution in [3.05, 3.63) is 34.9 Å². The molecular weight excluding hydrogens is 258 g/mol. The van der Waals surface area contributed by atoms with Crippen LogP contribution in [-0.2, 0) is 0 Å². The van der Waals surface area contributed by atoms with Crippen molar-refractivity contribution < 1.29 is 0 Å². The van der Waals surface area contributed by atoms with Gasteiger partial charge in [0.05, 0.1) is 0 Å². The Morgan fingerprint density at radius 1 is 1.21 bits per heavy atom. The van der Waals surface area contributed by atoms with Gasteiger partial charge in [-0.15, -0.1) is 0 Å². The Morgan fingerprint density at radius 3 is 2.42 bits per heavy atom. The highest BCUT2D eigenvalue weighted by molar-refractivity contribution is 6.30. The maximum Gasteiger partial charge on any atom is 0.0494 e. The highest BCUT2D eigenvalue weighted by atomic mass is 35.5. The first-order valence-corrected chi connectivity index (χ1v) is 7.15. The molecule has 19 heavy (non-hydrogen) atoms. The average Bonchev–Trinajstić information content (AvgIpc) is 2.28. The van der Waals surface area contributed by atoms with Gasteiger partial charge in [0.15, 0.2) is 0 Å². The van der Waals surface area contributed by atoms with Gasteiger partial charge in [0.1, 0.15) is 0 Å². The molecule has 2 N–H and O–H groups in total. The molecule has 1 aromatic rings. The van der Waals surface area contributed by atoms with Crippen molar-refractivity contribution in [1.29, 1.82) is 0 Å². The lowest BCUT2D eigenvalue weighted by atomic mass is 9.99. The molecule has 3 nitrogen and oxygen atoms in total. The third-order valence-corrected chi connectivity index (χ3v) is 3.51. The number of nitrogens with zero attached hydrogens (tertiary/aromatic N) is 2. The summed E-state index contributed by atoms with van der Waals surface area (Å²) in [5.74, 6) is 0. The maximum atomic E-state index is 6.16. The monoisotopic (exact) mass is 283 g/mol. The number of nitrogens with two attached hydrogens (primary N) is 1. The van der Waals surface area contributed by atoms with Gasteiger partial charge >= 0.3 is 0 Å². The predicted molar refractivity (Wildman–Crippen MR) is 83.6 cm³/mol. The molecule has 0 amide bonds. The Hall–Kier alpha value is -0.610. The Labute approximate surface area is 122 Å². The first kappa shape index (κ1) is 16.4. The molecule has 0 heterocycles. The molecule has 0 aliphatic carbocycles. The van der Waals surface area contributed by atoms with E-state index < -0.39 is 0 Å². The molecule has 1 rings (SSSR count). The largest absolute Gasteiger partial charge is 0.326 e. The zero-order chi connectivity index (χ0) is 14.4. The van der Waals surface area contributed by atoms with Gasteiger partial charge in [0.25, 0.3) is 0 Å². The molecule has 0 aromatic heterocycles. The maximum absolute atomic E-state index is 6.16. The molecule has 0 radical (unpaired) electrons. The van der Waals surface area contributed by atoms with E-state index in [1.54, 1.807) is 0 Å². The standard InChI is InChI=1S/C15H26ClN3/c1-12(17)15(13-7-5-8-14(16)11-13)19(4)10-6-9-18(2)3/h5,7-8,11-12,15H,6,9-10,17H2,1-4H3. The fourth-order valence-corrected chi connectivity index (χ4v) is 2.62. The van der Waals surface area contributed by atoms with E-state index in [1.807, 2.05) is 25.1 Å². The molecule has 2 unspecified atom stereocenters. The fourth-order valence-electron chi connectivity index (χ4n) is 2.43. The number of benzene rings is 1. The summed E-state index contributed by atoms with van der Waals surface area (Å²) in [5, 5.41) is 0.768. The van der Waals surface area contributed by atoms with Crippen molar-refractivity contribution in [2.75, 3.05) is 34.2 Å². The lowest BCUT2D eigenvalue weighted by molar-refractivity contribution is 0.208. The first-order chi connectivity index (χ1) is 8.91. The summed E-state index contributed by atoms with van der Waals surface area (Å²) in [6, 6.07) is 8.28. The third kappa shape index (κ3) is 5.49. The van der Waals surface area contributed by atoms with Gasteiger partial charge in [-0.05, 0) is 65.3 Å². The molecule has 4 heteroatoms. The second-order valence-corrected chi connectivity index (χ2v) is 5.93. The van der Waals surface area contributed by atoms with E-state index in [-0.39, 0.29) is 12.1 Å². The molecule has 1 aromatic carbocycles. The van der Waals surface area contributed by atoms with Crippen molar-refractivity contribution in [1.82, 2.24) is 9.80 Å². The van der Waals surface area contributed by atoms with Gasteiger partial charge in [0.2, 0.25) is 0 Å². The van der Waals surface area contributed by atoms with Crippen LogP contribution in [0.3, 0.4) is 0 Å². The molecule has 0 aliphatic heterocycles. The summed E-state index contributed by atoms with van der Waals surface area (Å²) < 4.78 is 0. The second kappa shape index (κ2) is 7.85. The highest BCUT2D eigenvalue weighted by Crippen LogP contribution is 2.24. The van der Waals surface area contributed by atoms with Gasteiger partial charge in [0, 0.05) is 17.1 Å². The smallest absolute Gasteiger partial charge is 0.0494 e. The van der Waals surface area contributed by atoms with Crippen molar-refractivity contribution >= 4 is 11.6 Å². The summed E-state index contributed by atoms with van der Waals surface area (Å²) in [7, 11) is 6.32. The Kier molecular flexibility index (Phi) is 6.80. The lowest BCUT2D eigenvalue weighted by Crippen LogP contribution is -2.38. The predicted octanol–water partition coefficient (Wildman–Crippen LogP) is 2.61. The minimum Gasteiger partial charge on any atom is -0.326 e. The van der Waals surface area contributed by atoms with E-state index in [2.05, 4.69) is 37.0 Å². The Balaban J connectivity index is 2.71. The Bertz CT molecular complexity index is 379. The summed E-state index contributed by atoms with van der Waals surface area (Å²) >= 11 is 6.08. The van der Waals surface area contributed by atoms with Crippen molar-refractivity contribution in [3.8, 4) is 0 Å². The lowest BCUT2D eigenvalue weighted by Gasteiger charge is -2.32. The molecule has 0 bridgehead atoms. The summed E-state index contributed by atoms with van der Waals surface area (Å²) in [5.41, 5.74) is 7.35. The van der Waals surface area contributed by atoms with E-state index >= 15 is 0 Å². The SMILES string of the molecule is CC(N)C(c1cccc(Cl)c1)N(C)CCCN(C)C. The van der Waals surface area contributed by atoms with Crippen LogP contribution < -0.4 is 5.73 Å². The molecule has 2 atom stereocenters. The van der Waals surface area contributed by atoms with Crippen LogP contribution in [0.1, 0.15) is 24.9 Å². The number of hydrogen-bond acceptors (Lipinski definition) is 3. The van der Waals surface area contributed by atoms with Gasteiger partial charge in [-0.25, -0.2) is 0 Å². The molecular formula is C15H26ClN3. The molecule has 0 spiro atoms. The third-order valence-electron chi connectivity index (χ3n) is 3.28. The highest BCUT2D eigenvalue weighted by Gasteiger charge is 2.21. The fraction of sp³-hybridized carbons (Fsp3) is 0.600. The van der Waals surface area contributed by atoms with Crippen LogP contribution in [0.15, 0.2) is 24.3 Å². The van der Waals surface area contributed by atoms with Crippen LogP contribution in [0.25, 0.3) is 0 Å². The van der Waals surface area contributed by atoms with Crippen LogP contribution in [0, 0.1) is 0 Å². The molecule has 0 fully saturated rings. The van der Waals surface area contributed by atoms with Crippen LogP contribution >= 0.6 is 11.6 Å². The van der Waals surface area contributed by atoms with Gasteiger partial charge in [-0.1, -0.05) is 23.7 Å². The summed E-state index contributed by atoms with van der Waals surface area (Å²) in [6.45, 7) is 4.16. The average molecular weight is 284 g/mol. The van der Waals surface area contributed by atoms with Crippen molar-refractivity contribution in [3.63, 3.8) is 0 Å². The molecule has 0 aliphatic rings. The van der Waals surface area contributed by atoms with Crippen molar-refractivity contribution in [2.45, 2.75) is 25.4 Å². The van der Waals surface area contributed by atoms with Gasteiger partial charge < -0.3 is 10.6 Å². The normalized spacial score (nSPS) is 14.9. The Morgan fingerprint density at radius 2 is 1.89 bits per heavy atom. The zero-order valence-corrected chi connectivity index (χ0v) is 13.2. The molecule has 0 saturated carbocycles. The second-order valence-electron chi connectivity index (χ2n) is 5.50. The number of likely N-dealkylation sites (N-methyl/N-ethyl adjacent to an activating group) is 1. The zero-order valence-electron chi connectivity index (χ0n) is 12.4.